The first-order valence-corrected chi connectivity index (χ1v) is 6.26. The van der Waals surface area contributed by atoms with E-state index in [4.69, 9.17) is 5.73 Å². The zero-order valence-electron chi connectivity index (χ0n) is 11.6. The van der Waals surface area contributed by atoms with E-state index in [1.165, 1.54) is 0 Å². The molecule has 5 nitrogen and oxygen atoms in total. The summed E-state index contributed by atoms with van der Waals surface area (Å²) in [6, 6.07) is 5.87. The van der Waals surface area contributed by atoms with Crippen molar-refractivity contribution < 1.29 is 15.0 Å². The van der Waals surface area contributed by atoms with Gasteiger partial charge in [-0.05, 0) is 44.9 Å². The topological polar surface area (TPSA) is 95.6 Å². The molecule has 0 aromatic heterocycles. The summed E-state index contributed by atoms with van der Waals surface area (Å²) >= 11 is 0. The van der Waals surface area contributed by atoms with E-state index in [9.17, 15) is 15.0 Å². The largest absolute Gasteiger partial charge is 0.508 e. The van der Waals surface area contributed by atoms with E-state index < -0.39 is 17.7 Å². The van der Waals surface area contributed by atoms with Crippen LogP contribution >= 0.6 is 0 Å². The monoisotopic (exact) mass is 266 g/mol. The van der Waals surface area contributed by atoms with Gasteiger partial charge in [0.25, 0.3) is 0 Å². The van der Waals surface area contributed by atoms with Gasteiger partial charge in [-0.3, -0.25) is 4.79 Å². The number of aliphatic hydroxyl groups excluding tert-OH is 1. The maximum Gasteiger partial charge on any atom is 0.237 e. The number of amides is 1. The fourth-order valence-electron chi connectivity index (χ4n) is 1.49. The molecule has 1 unspecified atom stereocenters. The number of phenols is 1. The Bertz CT molecular complexity index is 427. The van der Waals surface area contributed by atoms with E-state index in [-0.39, 0.29) is 11.7 Å². The normalized spacial score (nSPS) is 14.8. The molecule has 0 aliphatic carbocycles. The highest BCUT2D eigenvalue weighted by molar-refractivity contribution is 5.82. The van der Waals surface area contributed by atoms with Gasteiger partial charge in [0, 0.05) is 0 Å². The summed E-state index contributed by atoms with van der Waals surface area (Å²) in [6.45, 7) is 5.09. The Kier molecular flexibility index (Phi) is 4.91. The van der Waals surface area contributed by atoms with E-state index in [2.05, 4.69) is 5.32 Å². The van der Waals surface area contributed by atoms with Gasteiger partial charge >= 0.3 is 0 Å². The Hall–Kier alpha value is -1.59. The number of nitrogens with two attached hydrogens (primary N) is 1. The highest BCUT2D eigenvalue weighted by Crippen LogP contribution is 2.12. The summed E-state index contributed by atoms with van der Waals surface area (Å²) in [4.78, 5) is 11.9. The van der Waals surface area contributed by atoms with Crippen molar-refractivity contribution in [2.24, 2.45) is 5.73 Å². The van der Waals surface area contributed by atoms with Crippen LogP contribution in [0, 0.1) is 0 Å². The molecule has 0 aliphatic heterocycles. The smallest absolute Gasteiger partial charge is 0.237 e. The highest BCUT2D eigenvalue weighted by atomic mass is 16.3. The number of carbonyl (C=O) groups excluding carboxylic acids is 1. The summed E-state index contributed by atoms with van der Waals surface area (Å²) in [7, 11) is 0. The molecular weight excluding hydrogens is 244 g/mol. The molecule has 0 aliphatic rings. The van der Waals surface area contributed by atoms with Crippen LogP contribution in [0.5, 0.6) is 5.75 Å². The van der Waals surface area contributed by atoms with Crippen LogP contribution in [0.1, 0.15) is 26.3 Å². The third-order valence-electron chi connectivity index (χ3n) is 3.22. The molecule has 0 heterocycles. The van der Waals surface area contributed by atoms with Crippen molar-refractivity contribution in [1.29, 1.82) is 0 Å². The Morgan fingerprint density at radius 1 is 1.37 bits per heavy atom. The van der Waals surface area contributed by atoms with Crippen molar-refractivity contribution in [2.75, 3.05) is 0 Å². The first-order chi connectivity index (χ1) is 8.72. The molecule has 0 bridgehead atoms. The van der Waals surface area contributed by atoms with E-state index in [1.54, 1.807) is 45.0 Å². The second kappa shape index (κ2) is 6.04. The van der Waals surface area contributed by atoms with Crippen LogP contribution in [-0.2, 0) is 11.2 Å². The Labute approximate surface area is 113 Å². The second-order valence-electron chi connectivity index (χ2n) is 5.36. The second-order valence-corrected chi connectivity index (χ2v) is 5.36. The molecule has 2 atom stereocenters. The SMILES string of the molecule is CC(O)C(C)(C)NC(=O)[C@H](N)Cc1ccc(O)cc1. The Morgan fingerprint density at radius 2 is 1.89 bits per heavy atom. The van der Waals surface area contributed by atoms with Gasteiger partial charge in [0.2, 0.25) is 5.91 Å². The summed E-state index contributed by atoms with van der Waals surface area (Å²) in [5, 5.41) is 21.4. The number of aromatic hydroxyl groups is 1. The minimum absolute atomic E-state index is 0.178. The first kappa shape index (κ1) is 15.5. The van der Waals surface area contributed by atoms with Crippen LogP contribution in [0.25, 0.3) is 0 Å². The van der Waals surface area contributed by atoms with Crippen LogP contribution in [0.4, 0.5) is 0 Å². The van der Waals surface area contributed by atoms with Gasteiger partial charge in [-0.25, -0.2) is 0 Å². The number of aliphatic hydroxyl groups is 1. The van der Waals surface area contributed by atoms with E-state index in [0.29, 0.717) is 6.42 Å². The zero-order chi connectivity index (χ0) is 14.6. The van der Waals surface area contributed by atoms with Crippen molar-refractivity contribution in [2.45, 2.75) is 44.9 Å². The summed E-state index contributed by atoms with van der Waals surface area (Å²) < 4.78 is 0. The number of nitrogens with one attached hydrogen (secondary N) is 1. The summed E-state index contributed by atoms with van der Waals surface area (Å²) in [5.74, 6) is -0.129. The molecule has 0 saturated carbocycles. The van der Waals surface area contributed by atoms with E-state index >= 15 is 0 Å². The van der Waals surface area contributed by atoms with Gasteiger partial charge in [-0.2, -0.15) is 0 Å². The predicted octanol–water partition coefficient (Wildman–Crippen LogP) is 0.538. The van der Waals surface area contributed by atoms with Gasteiger partial charge in [-0.1, -0.05) is 12.1 Å². The average molecular weight is 266 g/mol. The lowest BCUT2D eigenvalue weighted by Crippen LogP contribution is -2.55. The summed E-state index contributed by atoms with van der Waals surface area (Å²) in [6.07, 6.45) is -0.292. The van der Waals surface area contributed by atoms with E-state index in [0.717, 1.165) is 5.56 Å². The molecule has 0 radical (unpaired) electrons. The molecule has 0 fully saturated rings. The minimum atomic E-state index is -0.719. The fourth-order valence-corrected chi connectivity index (χ4v) is 1.49. The van der Waals surface area contributed by atoms with Gasteiger partial charge in [0.15, 0.2) is 0 Å². The molecule has 0 spiro atoms. The lowest BCUT2D eigenvalue weighted by molar-refractivity contribution is -0.125. The van der Waals surface area contributed by atoms with Crippen molar-refractivity contribution in [3.05, 3.63) is 29.8 Å². The molecule has 5 N–H and O–H groups in total. The lowest BCUT2D eigenvalue weighted by Gasteiger charge is -2.30. The quantitative estimate of drug-likeness (QED) is 0.625. The number of phenolic OH excluding ortho intramolecular Hbond substituents is 1. The summed E-state index contributed by atoms with van der Waals surface area (Å²) in [5.41, 5.74) is 5.99. The van der Waals surface area contributed by atoms with Crippen LogP contribution in [0.3, 0.4) is 0 Å². The predicted molar refractivity (Wildman–Crippen MR) is 73.7 cm³/mol. The van der Waals surface area contributed by atoms with E-state index in [1.807, 2.05) is 0 Å². The Morgan fingerprint density at radius 3 is 2.37 bits per heavy atom. The average Bonchev–Trinajstić information content (AvgIpc) is 2.31. The number of hydrogen-bond acceptors (Lipinski definition) is 4. The number of rotatable bonds is 5. The fraction of sp³-hybridized carbons (Fsp3) is 0.500. The van der Waals surface area contributed by atoms with Crippen LogP contribution in [0.15, 0.2) is 24.3 Å². The third-order valence-corrected chi connectivity index (χ3v) is 3.22. The molecule has 106 valence electrons. The van der Waals surface area contributed by atoms with Crippen LogP contribution in [0.2, 0.25) is 0 Å². The molecule has 5 heteroatoms. The molecule has 1 aromatic carbocycles. The Balaban J connectivity index is 2.60. The molecule has 1 rings (SSSR count). The van der Waals surface area contributed by atoms with Gasteiger partial charge in [0.05, 0.1) is 17.7 Å². The maximum atomic E-state index is 11.9. The van der Waals surface area contributed by atoms with Crippen molar-refractivity contribution in [3.8, 4) is 5.75 Å². The van der Waals surface area contributed by atoms with Gasteiger partial charge in [-0.15, -0.1) is 0 Å². The van der Waals surface area contributed by atoms with Crippen LogP contribution in [-0.4, -0.2) is 33.8 Å². The molecular formula is C14H22N2O3. The van der Waals surface area contributed by atoms with Crippen molar-refractivity contribution in [1.82, 2.24) is 5.32 Å². The molecule has 0 saturated heterocycles. The first-order valence-electron chi connectivity index (χ1n) is 6.26. The molecule has 1 amide bonds. The maximum absolute atomic E-state index is 11.9. The minimum Gasteiger partial charge on any atom is -0.508 e. The van der Waals surface area contributed by atoms with Crippen molar-refractivity contribution >= 4 is 5.91 Å². The highest BCUT2D eigenvalue weighted by Gasteiger charge is 2.28. The van der Waals surface area contributed by atoms with Crippen LogP contribution < -0.4 is 11.1 Å². The zero-order valence-corrected chi connectivity index (χ0v) is 11.6. The third kappa shape index (κ3) is 4.54. The lowest BCUT2D eigenvalue weighted by atomic mass is 9.97. The van der Waals surface area contributed by atoms with Gasteiger partial charge < -0.3 is 21.3 Å². The number of benzene rings is 1. The number of carbonyl (C=O) groups is 1. The standard InChI is InChI=1S/C14H22N2O3/c1-9(17)14(2,3)16-13(19)12(15)8-10-4-6-11(18)7-5-10/h4-7,9,12,17-18H,8,15H2,1-3H3,(H,16,19)/t9?,12-/m1/s1. The van der Waals surface area contributed by atoms with Crippen molar-refractivity contribution in [3.63, 3.8) is 0 Å². The van der Waals surface area contributed by atoms with Gasteiger partial charge in [0.1, 0.15) is 5.75 Å². The molecule has 19 heavy (non-hydrogen) atoms. The number of hydrogen-bond donors (Lipinski definition) is 4. The molecule has 1 aromatic rings.